The average molecular weight is 308 g/mol. The summed E-state index contributed by atoms with van der Waals surface area (Å²) in [5.41, 5.74) is 1.59. The van der Waals surface area contributed by atoms with Crippen molar-refractivity contribution in [2.45, 2.75) is 0 Å². The predicted octanol–water partition coefficient (Wildman–Crippen LogP) is 2.91. The molecule has 100 valence electrons. The summed E-state index contributed by atoms with van der Waals surface area (Å²) >= 11 is 11.5. The molecule has 8 heteroatoms. The van der Waals surface area contributed by atoms with Crippen molar-refractivity contribution in [2.75, 3.05) is 5.32 Å². The second kappa shape index (κ2) is 5.07. The maximum absolute atomic E-state index is 12.1. The van der Waals surface area contributed by atoms with E-state index in [0.29, 0.717) is 5.69 Å². The highest BCUT2D eigenvalue weighted by Crippen LogP contribution is 2.20. The molecule has 0 aliphatic heterocycles. The first-order chi connectivity index (χ1) is 9.63. The molecule has 20 heavy (non-hydrogen) atoms. The van der Waals surface area contributed by atoms with Crippen LogP contribution in [0.15, 0.2) is 30.5 Å². The highest BCUT2D eigenvalue weighted by molar-refractivity contribution is 6.34. The number of carbonyl (C=O) groups excluding carboxylic acids is 1. The lowest BCUT2D eigenvalue weighted by atomic mass is 10.2. The maximum atomic E-state index is 12.1. The molecule has 0 aliphatic carbocycles. The van der Waals surface area contributed by atoms with Crippen LogP contribution in [0, 0.1) is 0 Å². The topological polar surface area (TPSA) is 83.6 Å². The minimum absolute atomic E-state index is 0.00508. The third-order valence-electron chi connectivity index (χ3n) is 2.66. The van der Waals surface area contributed by atoms with Crippen LogP contribution in [-0.4, -0.2) is 26.3 Å². The van der Waals surface area contributed by atoms with Gasteiger partial charge in [0.05, 0.1) is 17.3 Å². The third kappa shape index (κ3) is 2.43. The lowest BCUT2D eigenvalue weighted by Gasteiger charge is -2.06. The highest BCUT2D eigenvalue weighted by Gasteiger charge is 2.13. The summed E-state index contributed by atoms with van der Waals surface area (Å²) in [6.07, 6.45) is 1.70. The average Bonchev–Trinajstić information content (AvgIpc) is 2.89. The lowest BCUT2D eigenvalue weighted by molar-refractivity contribution is 0.102. The number of hydrogen-bond donors (Lipinski definition) is 2. The van der Waals surface area contributed by atoms with Gasteiger partial charge in [0.25, 0.3) is 5.91 Å². The van der Waals surface area contributed by atoms with Crippen molar-refractivity contribution in [3.63, 3.8) is 0 Å². The van der Waals surface area contributed by atoms with E-state index in [4.69, 9.17) is 23.2 Å². The fourth-order valence-corrected chi connectivity index (χ4v) is 2.05. The highest BCUT2D eigenvalue weighted by atomic mass is 35.5. The largest absolute Gasteiger partial charge is 0.322 e. The van der Waals surface area contributed by atoms with Gasteiger partial charge >= 0.3 is 0 Å². The van der Waals surface area contributed by atoms with Crippen molar-refractivity contribution in [1.82, 2.24) is 20.4 Å². The van der Waals surface area contributed by atoms with Crippen LogP contribution < -0.4 is 5.32 Å². The zero-order valence-corrected chi connectivity index (χ0v) is 11.4. The zero-order chi connectivity index (χ0) is 14.1. The Labute approximate surface area is 123 Å². The number of anilines is 1. The van der Waals surface area contributed by atoms with E-state index in [1.54, 1.807) is 18.3 Å². The fourth-order valence-electron chi connectivity index (χ4n) is 1.73. The number of amides is 1. The molecule has 6 nitrogen and oxygen atoms in total. The van der Waals surface area contributed by atoms with Crippen LogP contribution in [-0.2, 0) is 0 Å². The van der Waals surface area contributed by atoms with Gasteiger partial charge in [0.15, 0.2) is 10.3 Å². The Kier molecular flexibility index (Phi) is 3.25. The third-order valence-corrected chi connectivity index (χ3v) is 3.13. The summed E-state index contributed by atoms with van der Waals surface area (Å²) in [7, 11) is 0. The van der Waals surface area contributed by atoms with Gasteiger partial charge in [-0.15, -0.1) is 10.2 Å². The van der Waals surface area contributed by atoms with Gasteiger partial charge in [0.1, 0.15) is 0 Å². The predicted molar refractivity (Wildman–Crippen MR) is 76.1 cm³/mol. The number of halogens is 2. The Morgan fingerprint density at radius 3 is 2.90 bits per heavy atom. The SMILES string of the molecule is O=C(Nc1ccc2cn[nH]c2c1)c1cc(Cl)nnc1Cl. The number of aromatic amines is 1. The van der Waals surface area contributed by atoms with Crippen LogP contribution in [0.1, 0.15) is 10.4 Å². The van der Waals surface area contributed by atoms with Crippen molar-refractivity contribution in [2.24, 2.45) is 0 Å². The van der Waals surface area contributed by atoms with Gasteiger partial charge < -0.3 is 5.32 Å². The van der Waals surface area contributed by atoms with Crippen LogP contribution in [0.5, 0.6) is 0 Å². The van der Waals surface area contributed by atoms with Gasteiger partial charge in [-0.3, -0.25) is 9.89 Å². The number of nitrogens with one attached hydrogen (secondary N) is 2. The van der Waals surface area contributed by atoms with Crippen LogP contribution >= 0.6 is 23.2 Å². The van der Waals surface area contributed by atoms with Gasteiger partial charge in [-0.2, -0.15) is 5.10 Å². The first-order valence-corrected chi connectivity index (χ1v) is 6.32. The molecule has 3 rings (SSSR count). The molecule has 0 saturated carbocycles. The van der Waals surface area contributed by atoms with Gasteiger partial charge in [-0.05, 0) is 24.3 Å². The Balaban J connectivity index is 1.89. The minimum atomic E-state index is -0.411. The summed E-state index contributed by atoms with van der Waals surface area (Å²) in [4.78, 5) is 12.1. The normalized spacial score (nSPS) is 10.7. The van der Waals surface area contributed by atoms with Gasteiger partial charge in [-0.25, -0.2) is 0 Å². The van der Waals surface area contributed by atoms with Crippen molar-refractivity contribution < 1.29 is 4.79 Å². The van der Waals surface area contributed by atoms with E-state index in [9.17, 15) is 4.79 Å². The minimum Gasteiger partial charge on any atom is -0.322 e. The van der Waals surface area contributed by atoms with Crippen LogP contribution in [0.3, 0.4) is 0 Å². The van der Waals surface area contributed by atoms with E-state index in [1.165, 1.54) is 6.07 Å². The Morgan fingerprint density at radius 1 is 1.20 bits per heavy atom. The number of benzene rings is 1. The van der Waals surface area contributed by atoms with E-state index in [2.05, 4.69) is 25.7 Å². The fraction of sp³-hybridized carbons (Fsp3) is 0. The molecule has 1 amide bonds. The Morgan fingerprint density at radius 2 is 2.05 bits per heavy atom. The molecule has 0 fully saturated rings. The summed E-state index contributed by atoms with van der Waals surface area (Å²) in [5.74, 6) is -0.411. The second-order valence-corrected chi connectivity index (χ2v) is 4.74. The van der Waals surface area contributed by atoms with Gasteiger partial charge in [-0.1, -0.05) is 23.2 Å². The first kappa shape index (κ1) is 12.8. The number of fused-ring (bicyclic) bond motifs is 1. The van der Waals surface area contributed by atoms with E-state index in [1.807, 2.05) is 6.07 Å². The molecular weight excluding hydrogens is 301 g/mol. The molecule has 2 aromatic heterocycles. The quantitative estimate of drug-likeness (QED) is 0.762. The molecule has 0 spiro atoms. The smallest absolute Gasteiger partial charge is 0.258 e. The van der Waals surface area contributed by atoms with Crippen molar-refractivity contribution in [3.8, 4) is 0 Å². The van der Waals surface area contributed by atoms with Crippen LogP contribution in [0.2, 0.25) is 10.3 Å². The summed E-state index contributed by atoms with van der Waals surface area (Å²) in [6.45, 7) is 0. The number of nitrogens with zero attached hydrogens (tertiary/aromatic N) is 3. The molecule has 1 aromatic carbocycles. The molecule has 0 saturated heterocycles. The molecule has 3 aromatic rings. The Hall–Kier alpha value is -2.18. The van der Waals surface area contributed by atoms with E-state index in [-0.39, 0.29) is 15.9 Å². The molecule has 0 bridgehead atoms. The van der Waals surface area contributed by atoms with Crippen molar-refractivity contribution in [1.29, 1.82) is 0 Å². The number of H-pyrrole nitrogens is 1. The Bertz CT molecular complexity index is 801. The second-order valence-electron chi connectivity index (χ2n) is 4.00. The molecular formula is C12H7Cl2N5O. The maximum Gasteiger partial charge on any atom is 0.258 e. The van der Waals surface area contributed by atoms with E-state index >= 15 is 0 Å². The van der Waals surface area contributed by atoms with Crippen LogP contribution in [0.4, 0.5) is 5.69 Å². The van der Waals surface area contributed by atoms with Gasteiger partial charge in [0.2, 0.25) is 0 Å². The number of rotatable bonds is 2. The standard InChI is InChI=1S/C12H7Cl2N5O/c13-10-4-8(11(14)19-18-10)12(20)16-7-2-1-6-5-15-17-9(6)3-7/h1-5H,(H,15,17)(H,16,20). The molecule has 0 unspecified atom stereocenters. The summed E-state index contributed by atoms with van der Waals surface area (Å²) < 4.78 is 0. The zero-order valence-electron chi connectivity index (χ0n) is 9.89. The first-order valence-electron chi connectivity index (χ1n) is 5.57. The van der Waals surface area contributed by atoms with Crippen molar-refractivity contribution >= 4 is 45.7 Å². The molecule has 0 atom stereocenters. The molecule has 0 radical (unpaired) electrons. The van der Waals surface area contributed by atoms with Gasteiger partial charge in [0, 0.05) is 11.1 Å². The lowest BCUT2D eigenvalue weighted by Crippen LogP contribution is -2.13. The number of carbonyl (C=O) groups is 1. The molecule has 2 heterocycles. The van der Waals surface area contributed by atoms with Crippen LogP contribution in [0.25, 0.3) is 10.9 Å². The van der Waals surface area contributed by atoms with E-state index < -0.39 is 5.91 Å². The molecule has 0 aliphatic rings. The van der Waals surface area contributed by atoms with Crippen molar-refractivity contribution in [3.05, 3.63) is 46.3 Å². The summed E-state index contributed by atoms with van der Waals surface area (Å²) in [5, 5.41) is 17.6. The number of aromatic nitrogens is 4. The molecule has 2 N–H and O–H groups in total. The monoisotopic (exact) mass is 307 g/mol. The summed E-state index contributed by atoms with van der Waals surface area (Å²) in [6, 6.07) is 6.74. The number of hydrogen-bond acceptors (Lipinski definition) is 4. The van der Waals surface area contributed by atoms with E-state index in [0.717, 1.165) is 10.9 Å².